The Morgan fingerprint density at radius 1 is 1.17 bits per heavy atom. The number of nitrogens with one attached hydrogen (secondary N) is 1. The first kappa shape index (κ1) is 15.9. The van der Waals surface area contributed by atoms with E-state index in [1.54, 1.807) is 0 Å². The monoisotopic (exact) mass is 256 g/mol. The average Bonchev–Trinajstić information content (AvgIpc) is 2.39. The van der Waals surface area contributed by atoms with Crippen LogP contribution in [-0.4, -0.2) is 49.8 Å². The second kappa shape index (κ2) is 8.13. The van der Waals surface area contributed by atoms with Gasteiger partial charge in [-0.2, -0.15) is 0 Å². The largest absolute Gasteiger partial charge is 0.379 e. The Kier molecular flexibility index (Phi) is 7.20. The molecule has 3 heteroatoms. The van der Waals surface area contributed by atoms with E-state index in [4.69, 9.17) is 4.74 Å². The average molecular weight is 256 g/mol. The number of likely N-dealkylation sites (N-methyl/N-ethyl adjacent to an activating group) is 1. The van der Waals surface area contributed by atoms with Crippen molar-refractivity contribution in [2.75, 3.05) is 33.4 Å². The molecule has 3 nitrogen and oxygen atoms in total. The predicted molar refractivity (Wildman–Crippen MR) is 78.1 cm³/mol. The molecule has 1 saturated heterocycles. The van der Waals surface area contributed by atoms with Crippen molar-refractivity contribution in [2.45, 2.75) is 64.5 Å². The molecule has 0 aliphatic carbocycles. The minimum atomic E-state index is 0.227. The summed E-state index contributed by atoms with van der Waals surface area (Å²) in [5.74, 6) is 0. The van der Waals surface area contributed by atoms with E-state index in [0.717, 1.165) is 26.3 Å². The van der Waals surface area contributed by atoms with Crippen molar-refractivity contribution in [1.82, 2.24) is 10.2 Å². The zero-order valence-corrected chi connectivity index (χ0v) is 12.8. The maximum Gasteiger partial charge on any atom is 0.0594 e. The van der Waals surface area contributed by atoms with Crippen LogP contribution < -0.4 is 5.32 Å². The van der Waals surface area contributed by atoms with Crippen LogP contribution in [0.2, 0.25) is 0 Å². The van der Waals surface area contributed by atoms with Gasteiger partial charge in [0.05, 0.1) is 13.2 Å². The fourth-order valence-corrected chi connectivity index (χ4v) is 2.99. The predicted octanol–water partition coefficient (Wildman–Crippen LogP) is 2.66. The Bertz CT molecular complexity index is 213. The molecule has 1 N–H and O–H groups in total. The molecular weight excluding hydrogens is 224 g/mol. The van der Waals surface area contributed by atoms with E-state index >= 15 is 0 Å². The Balaban J connectivity index is 2.44. The lowest BCUT2D eigenvalue weighted by Gasteiger charge is -2.46. The molecule has 0 aromatic rings. The Morgan fingerprint density at radius 2 is 1.83 bits per heavy atom. The van der Waals surface area contributed by atoms with Gasteiger partial charge in [-0.25, -0.2) is 0 Å². The number of morpholine rings is 1. The second-order valence-electron chi connectivity index (χ2n) is 5.94. The zero-order valence-electron chi connectivity index (χ0n) is 12.8. The molecule has 18 heavy (non-hydrogen) atoms. The third-order valence-electron chi connectivity index (χ3n) is 4.37. The van der Waals surface area contributed by atoms with Crippen LogP contribution in [0.25, 0.3) is 0 Å². The quantitative estimate of drug-likeness (QED) is 0.676. The molecule has 0 bridgehead atoms. The van der Waals surface area contributed by atoms with Crippen LogP contribution in [0.5, 0.6) is 0 Å². The third kappa shape index (κ3) is 4.52. The van der Waals surface area contributed by atoms with E-state index in [1.807, 2.05) is 0 Å². The molecule has 1 heterocycles. The highest BCUT2D eigenvalue weighted by atomic mass is 16.5. The highest BCUT2D eigenvalue weighted by Gasteiger charge is 2.34. The molecule has 1 atom stereocenters. The summed E-state index contributed by atoms with van der Waals surface area (Å²) in [5, 5.41) is 3.53. The summed E-state index contributed by atoms with van der Waals surface area (Å²) in [6.45, 7) is 10.9. The highest BCUT2D eigenvalue weighted by molar-refractivity contribution is 4.93. The molecule has 1 fully saturated rings. The summed E-state index contributed by atoms with van der Waals surface area (Å²) >= 11 is 0. The van der Waals surface area contributed by atoms with Crippen molar-refractivity contribution >= 4 is 0 Å². The van der Waals surface area contributed by atoms with Gasteiger partial charge in [-0.15, -0.1) is 0 Å². The van der Waals surface area contributed by atoms with E-state index in [1.165, 1.54) is 32.1 Å². The molecular formula is C15H32N2O. The topological polar surface area (TPSA) is 24.5 Å². The fourth-order valence-electron chi connectivity index (χ4n) is 2.99. The molecule has 0 spiro atoms. The Labute approximate surface area is 113 Å². The smallest absolute Gasteiger partial charge is 0.0594 e. The van der Waals surface area contributed by atoms with Gasteiger partial charge in [0.1, 0.15) is 0 Å². The van der Waals surface area contributed by atoms with E-state index in [9.17, 15) is 0 Å². The van der Waals surface area contributed by atoms with Crippen LogP contribution >= 0.6 is 0 Å². The van der Waals surface area contributed by atoms with Crippen LogP contribution in [0.3, 0.4) is 0 Å². The molecule has 1 aliphatic heterocycles. The molecule has 1 rings (SSSR count). The molecule has 1 unspecified atom stereocenters. The number of unbranched alkanes of at least 4 members (excludes halogenated alkanes) is 3. The van der Waals surface area contributed by atoms with Crippen LogP contribution in [0, 0.1) is 0 Å². The lowest BCUT2D eigenvalue weighted by atomic mass is 9.88. The van der Waals surface area contributed by atoms with Gasteiger partial charge >= 0.3 is 0 Å². The molecule has 0 amide bonds. The molecule has 0 aromatic carbocycles. The lowest BCUT2D eigenvalue weighted by Crippen LogP contribution is -2.59. The molecule has 0 radical (unpaired) electrons. The molecule has 0 saturated carbocycles. The fraction of sp³-hybridized carbons (Fsp3) is 1.00. The summed E-state index contributed by atoms with van der Waals surface area (Å²) in [5.41, 5.74) is 0.227. The van der Waals surface area contributed by atoms with Crippen molar-refractivity contribution in [3.8, 4) is 0 Å². The molecule has 0 aromatic heterocycles. The van der Waals surface area contributed by atoms with Gasteiger partial charge in [0, 0.05) is 24.7 Å². The van der Waals surface area contributed by atoms with Gasteiger partial charge < -0.3 is 10.1 Å². The van der Waals surface area contributed by atoms with E-state index in [0.29, 0.717) is 6.04 Å². The summed E-state index contributed by atoms with van der Waals surface area (Å²) < 4.78 is 5.46. The van der Waals surface area contributed by atoms with Crippen LogP contribution in [0.15, 0.2) is 0 Å². The first-order chi connectivity index (χ1) is 8.62. The number of ether oxygens (including phenoxy) is 1. The number of nitrogens with zero attached hydrogens (tertiary/aromatic N) is 1. The van der Waals surface area contributed by atoms with Crippen molar-refractivity contribution in [3.63, 3.8) is 0 Å². The van der Waals surface area contributed by atoms with E-state index in [-0.39, 0.29) is 5.54 Å². The van der Waals surface area contributed by atoms with Crippen molar-refractivity contribution in [2.24, 2.45) is 0 Å². The van der Waals surface area contributed by atoms with Gasteiger partial charge in [0.25, 0.3) is 0 Å². The van der Waals surface area contributed by atoms with Crippen LogP contribution in [0.1, 0.15) is 52.9 Å². The van der Waals surface area contributed by atoms with Gasteiger partial charge in [-0.1, -0.05) is 32.6 Å². The van der Waals surface area contributed by atoms with E-state index in [2.05, 4.69) is 38.0 Å². The first-order valence-electron chi connectivity index (χ1n) is 7.63. The maximum atomic E-state index is 5.46. The number of hydrogen-bond donors (Lipinski definition) is 1. The summed E-state index contributed by atoms with van der Waals surface area (Å²) in [6.07, 6.45) is 6.67. The highest BCUT2D eigenvalue weighted by Crippen LogP contribution is 2.24. The van der Waals surface area contributed by atoms with Gasteiger partial charge in [0.15, 0.2) is 0 Å². The Morgan fingerprint density at radius 3 is 2.39 bits per heavy atom. The van der Waals surface area contributed by atoms with Crippen LogP contribution in [-0.2, 0) is 4.74 Å². The van der Waals surface area contributed by atoms with Crippen molar-refractivity contribution < 1.29 is 4.74 Å². The summed E-state index contributed by atoms with van der Waals surface area (Å²) in [7, 11) is 2.10. The lowest BCUT2D eigenvalue weighted by molar-refractivity contribution is -0.0237. The zero-order chi connectivity index (χ0) is 13.4. The standard InChI is InChI=1S/C15H32N2O/c1-5-6-7-8-9-14(16-4)15(2,3)17-10-12-18-13-11-17/h14,16H,5-13H2,1-4H3. The molecule has 1 aliphatic rings. The Hall–Kier alpha value is -0.120. The van der Waals surface area contributed by atoms with E-state index < -0.39 is 0 Å². The first-order valence-corrected chi connectivity index (χ1v) is 7.63. The number of hydrogen-bond acceptors (Lipinski definition) is 3. The summed E-state index contributed by atoms with van der Waals surface area (Å²) in [6, 6.07) is 0.576. The second-order valence-corrected chi connectivity index (χ2v) is 5.94. The number of rotatable bonds is 8. The van der Waals surface area contributed by atoms with Gasteiger partial charge in [-0.05, 0) is 27.3 Å². The maximum absolute atomic E-state index is 5.46. The summed E-state index contributed by atoms with van der Waals surface area (Å²) in [4.78, 5) is 2.58. The third-order valence-corrected chi connectivity index (χ3v) is 4.37. The van der Waals surface area contributed by atoms with Gasteiger partial charge in [-0.3, -0.25) is 4.90 Å². The minimum absolute atomic E-state index is 0.227. The van der Waals surface area contributed by atoms with Crippen molar-refractivity contribution in [3.05, 3.63) is 0 Å². The van der Waals surface area contributed by atoms with Crippen LogP contribution in [0.4, 0.5) is 0 Å². The minimum Gasteiger partial charge on any atom is -0.379 e. The van der Waals surface area contributed by atoms with Crippen molar-refractivity contribution in [1.29, 1.82) is 0 Å². The SMILES string of the molecule is CCCCCCC(NC)C(C)(C)N1CCOCC1. The molecule has 108 valence electrons. The normalized spacial score (nSPS) is 20.0. The van der Waals surface area contributed by atoms with Gasteiger partial charge in [0.2, 0.25) is 0 Å².